The third kappa shape index (κ3) is 2.93. The summed E-state index contributed by atoms with van der Waals surface area (Å²) in [6.45, 7) is 2.40. The van der Waals surface area contributed by atoms with Crippen LogP contribution in [0.5, 0.6) is 0 Å². The lowest BCUT2D eigenvalue weighted by Crippen LogP contribution is -2.26. The molecule has 0 bridgehead atoms. The van der Waals surface area contributed by atoms with Gasteiger partial charge >= 0.3 is 0 Å². The Balaban J connectivity index is 1.81. The molecule has 1 fully saturated rings. The molecule has 0 saturated carbocycles. The molecular formula is C22H24N6O. The predicted molar refractivity (Wildman–Crippen MR) is 116 cm³/mol. The molecule has 1 aliphatic heterocycles. The molecule has 148 valence electrons. The third-order valence-electron chi connectivity index (χ3n) is 5.66. The fourth-order valence-electron chi connectivity index (χ4n) is 4.09. The SMILES string of the molecule is CN(C)c1ccc2c(c1)c(=O)n(Cc1ccccc1)c1nnc(N3CCCC3)n21. The average Bonchev–Trinajstić information content (AvgIpc) is 3.41. The van der Waals surface area contributed by atoms with Gasteiger partial charge in [0.15, 0.2) is 0 Å². The molecule has 0 radical (unpaired) electrons. The van der Waals surface area contributed by atoms with Gasteiger partial charge in [-0.2, -0.15) is 0 Å². The molecule has 5 rings (SSSR count). The van der Waals surface area contributed by atoms with Gasteiger partial charge in [0.05, 0.1) is 17.4 Å². The first-order valence-corrected chi connectivity index (χ1v) is 10.0. The normalized spacial score (nSPS) is 14.2. The van der Waals surface area contributed by atoms with Crippen molar-refractivity contribution in [2.45, 2.75) is 19.4 Å². The lowest BCUT2D eigenvalue weighted by atomic mass is 10.2. The second-order valence-corrected chi connectivity index (χ2v) is 7.80. The van der Waals surface area contributed by atoms with Crippen LogP contribution in [-0.4, -0.2) is 46.4 Å². The molecule has 0 aliphatic carbocycles. The molecule has 7 nitrogen and oxygen atoms in total. The van der Waals surface area contributed by atoms with Crippen LogP contribution in [0, 0.1) is 0 Å². The summed E-state index contributed by atoms with van der Waals surface area (Å²) in [5, 5.41) is 9.63. The van der Waals surface area contributed by atoms with Crippen molar-refractivity contribution in [3.63, 3.8) is 0 Å². The van der Waals surface area contributed by atoms with E-state index in [2.05, 4.69) is 15.1 Å². The molecular weight excluding hydrogens is 364 g/mol. The van der Waals surface area contributed by atoms with E-state index < -0.39 is 0 Å². The summed E-state index contributed by atoms with van der Waals surface area (Å²) in [5.41, 5.74) is 2.87. The maximum Gasteiger partial charge on any atom is 0.263 e. The van der Waals surface area contributed by atoms with E-state index in [0.29, 0.717) is 17.7 Å². The van der Waals surface area contributed by atoms with Gasteiger partial charge in [-0.1, -0.05) is 30.3 Å². The zero-order valence-electron chi connectivity index (χ0n) is 16.7. The minimum Gasteiger partial charge on any atom is -0.378 e. The van der Waals surface area contributed by atoms with E-state index >= 15 is 0 Å². The van der Waals surface area contributed by atoms with E-state index in [4.69, 9.17) is 0 Å². The van der Waals surface area contributed by atoms with Crippen LogP contribution in [0.4, 0.5) is 11.6 Å². The highest BCUT2D eigenvalue weighted by atomic mass is 16.1. The molecule has 0 N–H and O–H groups in total. The van der Waals surface area contributed by atoms with E-state index in [1.54, 1.807) is 4.57 Å². The van der Waals surface area contributed by atoms with Gasteiger partial charge in [0.25, 0.3) is 5.56 Å². The molecule has 3 heterocycles. The fourth-order valence-corrected chi connectivity index (χ4v) is 4.09. The van der Waals surface area contributed by atoms with Gasteiger partial charge in [-0.25, -0.2) is 4.40 Å². The van der Waals surface area contributed by atoms with E-state index in [-0.39, 0.29) is 5.56 Å². The zero-order valence-corrected chi connectivity index (χ0v) is 16.7. The number of hydrogen-bond donors (Lipinski definition) is 0. The first kappa shape index (κ1) is 17.7. The van der Waals surface area contributed by atoms with Crippen molar-refractivity contribution in [3.05, 3.63) is 64.4 Å². The number of aromatic nitrogens is 4. The van der Waals surface area contributed by atoms with Crippen LogP contribution >= 0.6 is 0 Å². The Morgan fingerprint density at radius 1 is 1.00 bits per heavy atom. The fraction of sp³-hybridized carbons (Fsp3) is 0.318. The quantitative estimate of drug-likeness (QED) is 0.538. The first-order valence-electron chi connectivity index (χ1n) is 10.0. The van der Waals surface area contributed by atoms with Crippen LogP contribution in [0.25, 0.3) is 16.7 Å². The van der Waals surface area contributed by atoms with E-state index in [9.17, 15) is 4.79 Å². The maximum absolute atomic E-state index is 13.5. The van der Waals surface area contributed by atoms with Crippen LogP contribution in [-0.2, 0) is 6.54 Å². The van der Waals surface area contributed by atoms with Crippen LogP contribution < -0.4 is 15.4 Å². The minimum absolute atomic E-state index is 0.0413. The van der Waals surface area contributed by atoms with Crippen LogP contribution in [0.3, 0.4) is 0 Å². The summed E-state index contributed by atoms with van der Waals surface area (Å²) in [6.07, 6.45) is 2.31. The highest BCUT2D eigenvalue weighted by molar-refractivity contribution is 5.85. The van der Waals surface area contributed by atoms with Crippen LogP contribution in [0.1, 0.15) is 18.4 Å². The number of anilines is 2. The summed E-state index contributed by atoms with van der Waals surface area (Å²) < 4.78 is 3.79. The van der Waals surface area contributed by atoms with E-state index in [0.717, 1.165) is 48.6 Å². The van der Waals surface area contributed by atoms with Crippen LogP contribution in [0.2, 0.25) is 0 Å². The molecule has 1 saturated heterocycles. The minimum atomic E-state index is -0.0413. The largest absolute Gasteiger partial charge is 0.378 e. The summed E-state index contributed by atoms with van der Waals surface area (Å²) in [7, 11) is 3.97. The molecule has 29 heavy (non-hydrogen) atoms. The number of benzene rings is 2. The Kier molecular flexibility index (Phi) is 4.23. The van der Waals surface area contributed by atoms with Gasteiger partial charge in [-0.05, 0) is 36.6 Å². The number of nitrogens with zero attached hydrogens (tertiary/aromatic N) is 6. The van der Waals surface area contributed by atoms with Gasteiger partial charge in [0.1, 0.15) is 0 Å². The lowest BCUT2D eigenvalue weighted by Gasteiger charge is -2.18. The summed E-state index contributed by atoms with van der Waals surface area (Å²) in [4.78, 5) is 17.8. The molecule has 2 aromatic heterocycles. The van der Waals surface area contributed by atoms with Crippen molar-refractivity contribution in [2.24, 2.45) is 0 Å². The molecule has 1 aliphatic rings. The molecule has 7 heteroatoms. The van der Waals surface area contributed by atoms with Gasteiger partial charge in [-0.15, -0.1) is 10.2 Å². The summed E-state index contributed by atoms with van der Waals surface area (Å²) in [6, 6.07) is 16.0. The Bertz CT molecular complexity index is 1240. The molecule has 4 aromatic rings. The number of fused-ring (bicyclic) bond motifs is 3. The zero-order chi connectivity index (χ0) is 20.0. The smallest absolute Gasteiger partial charge is 0.263 e. The van der Waals surface area contributed by atoms with Crippen molar-refractivity contribution in [3.8, 4) is 0 Å². The molecule has 0 amide bonds. The number of hydrogen-bond acceptors (Lipinski definition) is 5. The van der Waals surface area contributed by atoms with Gasteiger partial charge in [0.2, 0.25) is 11.7 Å². The number of rotatable bonds is 4. The molecule has 0 unspecified atom stereocenters. The van der Waals surface area contributed by atoms with Crippen molar-refractivity contribution >= 4 is 28.3 Å². The summed E-state index contributed by atoms with van der Waals surface area (Å²) >= 11 is 0. The maximum atomic E-state index is 13.5. The third-order valence-corrected chi connectivity index (χ3v) is 5.66. The van der Waals surface area contributed by atoms with Crippen LogP contribution in [0.15, 0.2) is 53.3 Å². The van der Waals surface area contributed by atoms with E-state index in [1.165, 1.54) is 0 Å². The Morgan fingerprint density at radius 2 is 1.76 bits per heavy atom. The van der Waals surface area contributed by atoms with Crippen molar-refractivity contribution < 1.29 is 0 Å². The highest BCUT2D eigenvalue weighted by Crippen LogP contribution is 2.25. The van der Waals surface area contributed by atoms with Crippen molar-refractivity contribution in [2.75, 3.05) is 37.0 Å². The van der Waals surface area contributed by atoms with Gasteiger partial charge in [-0.3, -0.25) is 9.36 Å². The predicted octanol–water partition coefficient (Wildman–Crippen LogP) is 2.76. The second-order valence-electron chi connectivity index (χ2n) is 7.80. The second kappa shape index (κ2) is 6.92. The lowest BCUT2D eigenvalue weighted by molar-refractivity contribution is 0.765. The van der Waals surface area contributed by atoms with E-state index in [1.807, 2.05) is 71.9 Å². The van der Waals surface area contributed by atoms with Gasteiger partial charge < -0.3 is 9.80 Å². The Morgan fingerprint density at radius 3 is 2.48 bits per heavy atom. The molecule has 0 spiro atoms. The topological polar surface area (TPSA) is 58.7 Å². The van der Waals surface area contributed by atoms with Crippen molar-refractivity contribution in [1.29, 1.82) is 0 Å². The monoisotopic (exact) mass is 388 g/mol. The Labute approximate surface area is 168 Å². The highest BCUT2D eigenvalue weighted by Gasteiger charge is 2.22. The molecule has 0 atom stereocenters. The standard InChI is InChI=1S/C22H24N6O/c1-25(2)17-10-11-19-18(14-17)20(29)27(15-16-8-4-3-5-9-16)22-24-23-21(28(19)22)26-12-6-7-13-26/h3-5,8-11,14H,6-7,12-13,15H2,1-2H3. The average molecular weight is 388 g/mol. The first-order chi connectivity index (χ1) is 14.1. The van der Waals surface area contributed by atoms with Gasteiger partial charge in [0, 0.05) is 32.9 Å². The Hall–Kier alpha value is -3.35. The van der Waals surface area contributed by atoms with Crippen molar-refractivity contribution in [1.82, 2.24) is 19.2 Å². The summed E-state index contributed by atoms with van der Waals surface area (Å²) in [5.74, 6) is 1.41. The molecule has 2 aromatic carbocycles.